The molecule has 0 saturated heterocycles. The fourth-order valence-electron chi connectivity index (χ4n) is 1.65. The van der Waals surface area contributed by atoms with Crippen molar-refractivity contribution in [2.24, 2.45) is 5.73 Å². The maximum absolute atomic E-state index is 10.8. The molecule has 3 N–H and O–H groups in total. The SMILES string of the molecule is CC(=O)Nc1ccc(CC2(N)CC2)cc1. The standard InChI is InChI=1S/C12H16N2O/c1-9(15)14-11-4-2-10(3-5-11)8-12(13)6-7-12/h2-5H,6-8,13H2,1H3,(H,14,15). The summed E-state index contributed by atoms with van der Waals surface area (Å²) in [7, 11) is 0. The molecule has 0 unspecified atom stereocenters. The lowest BCUT2D eigenvalue weighted by Crippen LogP contribution is -2.24. The minimum atomic E-state index is -0.0414. The van der Waals surface area contributed by atoms with Crippen LogP contribution in [0.15, 0.2) is 24.3 Å². The van der Waals surface area contributed by atoms with Gasteiger partial charge in [0.15, 0.2) is 0 Å². The van der Waals surface area contributed by atoms with Gasteiger partial charge in [-0.1, -0.05) is 12.1 Å². The molecule has 1 amide bonds. The number of hydrogen-bond acceptors (Lipinski definition) is 2. The van der Waals surface area contributed by atoms with Gasteiger partial charge in [0.05, 0.1) is 0 Å². The Balaban J connectivity index is 2.00. The number of hydrogen-bond donors (Lipinski definition) is 2. The van der Waals surface area contributed by atoms with Gasteiger partial charge in [-0.25, -0.2) is 0 Å². The molecule has 15 heavy (non-hydrogen) atoms. The zero-order chi connectivity index (χ0) is 10.9. The predicted molar refractivity (Wildman–Crippen MR) is 60.6 cm³/mol. The van der Waals surface area contributed by atoms with Crippen LogP contribution in [0.3, 0.4) is 0 Å². The van der Waals surface area contributed by atoms with Crippen LogP contribution in [0.1, 0.15) is 25.3 Å². The third-order valence-corrected chi connectivity index (χ3v) is 2.72. The number of carbonyl (C=O) groups excluding carboxylic acids is 1. The van der Waals surface area contributed by atoms with Gasteiger partial charge in [0.25, 0.3) is 0 Å². The smallest absolute Gasteiger partial charge is 0.221 e. The average Bonchev–Trinajstić information content (AvgIpc) is 2.86. The third kappa shape index (κ3) is 2.80. The lowest BCUT2D eigenvalue weighted by molar-refractivity contribution is -0.114. The zero-order valence-electron chi connectivity index (χ0n) is 8.92. The monoisotopic (exact) mass is 204 g/mol. The van der Waals surface area contributed by atoms with Crippen molar-refractivity contribution >= 4 is 11.6 Å². The number of nitrogens with two attached hydrogens (primary N) is 1. The first-order valence-electron chi connectivity index (χ1n) is 5.23. The van der Waals surface area contributed by atoms with E-state index >= 15 is 0 Å². The Hall–Kier alpha value is -1.35. The zero-order valence-corrected chi connectivity index (χ0v) is 8.92. The van der Waals surface area contributed by atoms with Gasteiger partial charge in [-0.3, -0.25) is 4.79 Å². The van der Waals surface area contributed by atoms with Gasteiger partial charge in [0, 0.05) is 18.2 Å². The van der Waals surface area contributed by atoms with Crippen LogP contribution in [-0.2, 0) is 11.2 Å². The Morgan fingerprint density at radius 3 is 2.47 bits per heavy atom. The fraction of sp³-hybridized carbons (Fsp3) is 0.417. The minimum absolute atomic E-state index is 0.0414. The first kappa shape index (κ1) is 10.2. The van der Waals surface area contributed by atoms with Crippen LogP contribution >= 0.6 is 0 Å². The Kier molecular flexibility index (Phi) is 2.49. The van der Waals surface area contributed by atoms with E-state index in [2.05, 4.69) is 5.32 Å². The van der Waals surface area contributed by atoms with E-state index in [0.717, 1.165) is 24.9 Å². The van der Waals surface area contributed by atoms with Crippen LogP contribution in [0, 0.1) is 0 Å². The predicted octanol–water partition coefficient (Wildman–Crippen LogP) is 1.68. The first-order valence-corrected chi connectivity index (χ1v) is 5.23. The number of anilines is 1. The van der Waals surface area contributed by atoms with Gasteiger partial charge in [0.1, 0.15) is 0 Å². The van der Waals surface area contributed by atoms with Gasteiger partial charge in [-0.05, 0) is 37.0 Å². The van der Waals surface area contributed by atoms with E-state index in [9.17, 15) is 4.79 Å². The van der Waals surface area contributed by atoms with Crippen LogP contribution in [0.5, 0.6) is 0 Å². The van der Waals surface area contributed by atoms with Gasteiger partial charge in [0.2, 0.25) is 5.91 Å². The van der Waals surface area contributed by atoms with Crippen molar-refractivity contribution < 1.29 is 4.79 Å². The second-order valence-electron chi connectivity index (χ2n) is 4.42. The molecule has 1 aliphatic carbocycles. The van der Waals surface area contributed by atoms with Crippen molar-refractivity contribution in [3.8, 4) is 0 Å². The van der Waals surface area contributed by atoms with Gasteiger partial charge < -0.3 is 11.1 Å². The Labute approximate surface area is 89.7 Å². The van der Waals surface area contributed by atoms with Crippen molar-refractivity contribution in [3.05, 3.63) is 29.8 Å². The molecule has 0 aliphatic heterocycles. The molecule has 80 valence electrons. The third-order valence-electron chi connectivity index (χ3n) is 2.72. The van der Waals surface area contributed by atoms with Gasteiger partial charge in [-0.2, -0.15) is 0 Å². The molecule has 0 spiro atoms. The largest absolute Gasteiger partial charge is 0.326 e. The van der Waals surface area contributed by atoms with E-state index in [1.54, 1.807) is 0 Å². The fourth-order valence-corrected chi connectivity index (χ4v) is 1.65. The van der Waals surface area contributed by atoms with E-state index in [1.165, 1.54) is 12.5 Å². The quantitative estimate of drug-likeness (QED) is 0.787. The molecular formula is C12H16N2O. The second-order valence-corrected chi connectivity index (χ2v) is 4.42. The van der Waals surface area contributed by atoms with Gasteiger partial charge in [-0.15, -0.1) is 0 Å². The van der Waals surface area contributed by atoms with E-state index in [-0.39, 0.29) is 11.4 Å². The average molecular weight is 204 g/mol. The molecule has 1 aromatic rings. The lowest BCUT2D eigenvalue weighted by atomic mass is 10.0. The minimum Gasteiger partial charge on any atom is -0.326 e. The van der Waals surface area contributed by atoms with E-state index in [1.807, 2.05) is 24.3 Å². The number of nitrogens with one attached hydrogen (secondary N) is 1. The first-order chi connectivity index (χ1) is 7.07. The van der Waals surface area contributed by atoms with Crippen LogP contribution in [0.2, 0.25) is 0 Å². The summed E-state index contributed by atoms with van der Waals surface area (Å²) >= 11 is 0. The summed E-state index contributed by atoms with van der Waals surface area (Å²) in [6.07, 6.45) is 3.19. The molecule has 3 heteroatoms. The number of benzene rings is 1. The highest BCUT2D eigenvalue weighted by Crippen LogP contribution is 2.35. The molecule has 0 atom stereocenters. The lowest BCUT2D eigenvalue weighted by Gasteiger charge is -2.09. The molecule has 1 saturated carbocycles. The molecule has 0 aromatic heterocycles. The Bertz CT molecular complexity index is 366. The van der Waals surface area contributed by atoms with Crippen molar-refractivity contribution in [1.82, 2.24) is 0 Å². The molecule has 0 heterocycles. The van der Waals surface area contributed by atoms with Crippen LogP contribution in [-0.4, -0.2) is 11.4 Å². The van der Waals surface area contributed by atoms with Crippen molar-refractivity contribution in [2.45, 2.75) is 31.7 Å². The van der Waals surface area contributed by atoms with Gasteiger partial charge >= 0.3 is 0 Å². The van der Waals surface area contributed by atoms with E-state index in [4.69, 9.17) is 5.73 Å². The van der Waals surface area contributed by atoms with Crippen LogP contribution in [0.4, 0.5) is 5.69 Å². The molecule has 0 bridgehead atoms. The summed E-state index contributed by atoms with van der Waals surface area (Å²) in [5.74, 6) is -0.0414. The summed E-state index contributed by atoms with van der Waals surface area (Å²) in [4.78, 5) is 10.8. The molecule has 0 radical (unpaired) electrons. The highest BCUT2D eigenvalue weighted by Gasteiger charge is 2.37. The molecular weight excluding hydrogens is 188 g/mol. The van der Waals surface area contributed by atoms with Crippen molar-refractivity contribution in [1.29, 1.82) is 0 Å². The topological polar surface area (TPSA) is 55.1 Å². The van der Waals surface area contributed by atoms with Crippen LogP contribution in [0.25, 0.3) is 0 Å². The summed E-state index contributed by atoms with van der Waals surface area (Å²) in [5.41, 5.74) is 8.16. The highest BCUT2D eigenvalue weighted by atomic mass is 16.1. The van der Waals surface area contributed by atoms with Crippen LogP contribution < -0.4 is 11.1 Å². The number of carbonyl (C=O) groups is 1. The second kappa shape index (κ2) is 3.66. The molecule has 3 nitrogen and oxygen atoms in total. The summed E-state index contributed by atoms with van der Waals surface area (Å²) in [6.45, 7) is 1.51. The normalized spacial score (nSPS) is 17.2. The summed E-state index contributed by atoms with van der Waals surface area (Å²) in [6, 6.07) is 7.89. The Morgan fingerprint density at radius 2 is 2.00 bits per heavy atom. The highest BCUT2D eigenvalue weighted by molar-refractivity contribution is 5.88. The Morgan fingerprint density at radius 1 is 1.40 bits per heavy atom. The molecule has 1 aliphatic rings. The number of rotatable bonds is 3. The summed E-state index contributed by atoms with van der Waals surface area (Å²) < 4.78 is 0. The van der Waals surface area contributed by atoms with E-state index < -0.39 is 0 Å². The maximum atomic E-state index is 10.8. The maximum Gasteiger partial charge on any atom is 0.221 e. The summed E-state index contributed by atoms with van der Waals surface area (Å²) in [5, 5.41) is 2.74. The molecule has 2 rings (SSSR count). The van der Waals surface area contributed by atoms with Crippen molar-refractivity contribution in [2.75, 3.05) is 5.32 Å². The van der Waals surface area contributed by atoms with Crippen molar-refractivity contribution in [3.63, 3.8) is 0 Å². The van der Waals surface area contributed by atoms with E-state index in [0.29, 0.717) is 0 Å². The molecule has 1 aromatic carbocycles. The molecule has 1 fully saturated rings. The number of amides is 1.